The van der Waals surface area contributed by atoms with Gasteiger partial charge in [0.1, 0.15) is 6.04 Å². The predicted molar refractivity (Wildman–Crippen MR) is 74.4 cm³/mol. The maximum Gasteiger partial charge on any atom is 0.279 e. The van der Waals surface area contributed by atoms with E-state index in [1.165, 1.54) is 12.1 Å². The van der Waals surface area contributed by atoms with Crippen molar-refractivity contribution >= 4 is 32.9 Å². The van der Waals surface area contributed by atoms with Gasteiger partial charge in [0.25, 0.3) is 5.24 Å². The summed E-state index contributed by atoms with van der Waals surface area (Å²) in [5.74, 6) is 0.147. The molecule has 0 bridgehead atoms. The van der Waals surface area contributed by atoms with Crippen molar-refractivity contribution in [2.75, 3.05) is 5.75 Å². The van der Waals surface area contributed by atoms with Crippen molar-refractivity contribution in [1.29, 1.82) is 0 Å². The fraction of sp³-hybridized carbons (Fsp3) is 0.273. The number of nitrogens with two attached hydrogens (primary N) is 1. The molecule has 2 amide bonds. The van der Waals surface area contributed by atoms with E-state index in [-0.39, 0.29) is 22.6 Å². The maximum absolute atomic E-state index is 11.7. The Bertz CT molecular complexity index is 628. The Balaban J connectivity index is 1.91. The van der Waals surface area contributed by atoms with E-state index in [4.69, 9.17) is 5.14 Å². The van der Waals surface area contributed by atoms with Crippen LogP contribution in [-0.2, 0) is 21.4 Å². The molecule has 0 spiro atoms. The number of rotatable bonds is 4. The Morgan fingerprint density at radius 2 is 2.05 bits per heavy atom. The first-order valence-electron chi connectivity index (χ1n) is 5.69. The standard InChI is InChI=1S/C11H13N3O4S2/c12-20(17,18)8-3-1-7(2-4-8)5-13-10(15)9-6-19-11(16)14-9/h1-4,9H,5-6H2,(H,13,15)(H,14,16)(H2,12,17,18). The molecule has 20 heavy (non-hydrogen) atoms. The maximum atomic E-state index is 11.7. The number of primary sulfonamides is 1. The van der Waals surface area contributed by atoms with Gasteiger partial charge in [-0.05, 0) is 17.7 Å². The zero-order valence-corrected chi connectivity index (χ0v) is 12.0. The minimum atomic E-state index is -3.71. The van der Waals surface area contributed by atoms with Crippen molar-refractivity contribution in [2.45, 2.75) is 17.5 Å². The second-order valence-corrected chi connectivity index (χ2v) is 6.76. The Kier molecular flexibility index (Phi) is 4.31. The lowest BCUT2D eigenvalue weighted by Gasteiger charge is -2.10. The molecule has 1 aliphatic rings. The molecule has 1 unspecified atom stereocenters. The molecule has 0 radical (unpaired) electrons. The van der Waals surface area contributed by atoms with Gasteiger partial charge in [0.15, 0.2) is 0 Å². The lowest BCUT2D eigenvalue weighted by molar-refractivity contribution is -0.122. The molecule has 0 aromatic heterocycles. The molecule has 1 aromatic carbocycles. The highest BCUT2D eigenvalue weighted by Gasteiger charge is 2.27. The summed E-state index contributed by atoms with van der Waals surface area (Å²) < 4.78 is 22.2. The fourth-order valence-corrected chi connectivity index (χ4v) is 2.93. The van der Waals surface area contributed by atoms with E-state index < -0.39 is 16.1 Å². The SMILES string of the molecule is NS(=O)(=O)c1ccc(CNC(=O)C2CSC(=O)N2)cc1. The molecule has 108 valence electrons. The van der Waals surface area contributed by atoms with E-state index in [9.17, 15) is 18.0 Å². The van der Waals surface area contributed by atoms with Gasteiger partial charge in [0, 0.05) is 12.3 Å². The molecular weight excluding hydrogens is 302 g/mol. The van der Waals surface area contributed by atoms with Gasteiger partial charge < -0.3 is 10.6 Å². The van der Waals surface area contributed by atoms with Crippen LogP contribution in [0.4, 0.5) is 4.79 Å². The number of thioether (sulfide) groups is 1. The molecule has 0 saturated carbocycles. The summed E-state index contributed by atoms with van der Waals surface area (Å²) in [6, 6.07) is 5.38. The van der Waals surface area contributed by atoms with Crippen LogP contribution in [0.25, 0.3) is 0 Å². The zero-order chi connectivity index (χ0) is 14.8. The summed E-state index contributed by atoms with van der Waals surface area (Å²) in [5.41, 5.74) is 0.739. The van der Waals surface area contributed by atoms with Crippen LogP contribution in [0.2, 0.25) is 0 Å². The highest BCUT2D eigenvalue weighted by molar-refractivity contribution is 8.14. The van der Waals surface area contributed by atoms with Crippen LogP contribution in [0.3, 0.4) is 0 Å². The number of hydrogen-bond donors (Lipinski definition) is 3. The molecule has 1 saturated heterocycles. The molecule has 1 atom stereocenters. The highest BCUT2D eigenvalue weighted by atomic mass is 32.2. The van der Waals surface area contributed by atoms with Crippen molar-refractivity contribution in [2.24, 2.45) is 5.14 Å². The summed E-state index contributed by atoms with van der Waals surface area (Å²) in [6.45, 7) is 0.251. The molecule has 1 heterocycles. The second kappa shape index (κ2) is 5.81. The lowest BCUT2D eigenvalue weighted by Crippen LogP contribution is -2.42. The summed E-state index contributed by atoms with van der Waals surface area (Å²) in [4.78, 5) is 22.7. The third-order valence-corrected chi connectivity index (χ3v) is 4.52. The van der Waals surface area contributed by atoms with Gasteiger partial charge in [-0.25, -0.2) is 13.6 Å². The van der Waals surface area contributed by atoms with E-state index >= 15 is 0 Å². The molecule has 1 aromatic rings. The van der Waals surface area contributed by atoms with Crippen LogP contribution in [-0.4, -0.2) is 31.4 Å². The van der Waals surface area contributed by atoms with E-state index in [0.29, 0.717) is 5.75 Å². The van der Waals surface area contributed by atoms with Crippen LogP contribution < -0.4 is 15.8 Å². The number of carbonyl (C=O) groups excluding carboxylic acids is 2. The van der Waals surface area contributed by atoms with E-state index in [1.54, 1.807) is 12.1 Å². The summed E-state index contributed by atoms with van der Waals surface area (Å²) in [7, 11) is -3.71. The van der Waals surface area contributed by atoms with Crippen LogP contribution in [0.1, 0.15) is 5.56 Å². The Labute approximate surface area is 120 Å². The van der Waals surface area contributed by atoms with Gasteiger partial charge in [-0.2, -0.15) is 0 Å². The van der Waals surface area contributed by atoms with Crippen LogP contribution in [0, 0.1) is 0 Å². The molecule has 0 aliphatic carbocycles. The summed E-state index contributed by atoms with van der Waals surface area (Å²) >= 11 is 1.07. The fourth-order valence-electron chi connectivity index (χ4n) is 1.64. The Morgan fingerprint density at radius 1 is 1.40 bits per heavy atom. The topological polar surface area (TPSA) is 118 Å². The molecule has 7 nitrogen and oxygen atoms in total. The first-order chi connectivity index (χ1) is 9.36. The highest BCUT2D eigenvalue weighted by Crippen LogP contribution is 2.13. The van der Waals surface area contributed by atoms with Gasteiger partial charge in [-0.3, -0.25) is 9.59 Å². The average Bonchev–Trinajstić information content (AvgIpc) is 2.82. The van der Waals surface area contributed by atoms with Crippen molar-refractivity contribution in [3.8, 4) is 0 Å². The molecule has 2 rings (SSSR count). The van der Waals surface area contributed by atoms with E-state index in [1.807, 2.05) is 0 Å². The second-order valence-electron chi connectivity index (χ2n) is 4.20. The van der Waals surface area contributed by atoms with Crippen LogP contribution in [0.15, 0.2) is 29.2 Å². The predicted octanol–water partition coefficient (Wildman–Crippen LogP) is -0.225. The van der Waals surface area contributed by atoms with E-state index in [2.05, 4.69) is 10.6 Å². The van der Waals surface area contributed by atoms with Crippen molar-refractivity contribution in [3.63, 3.8) is 0 Å². The number of sulfonamides is 1. The third kappa shape index (κ3) is 3.71. The summed E-state index contributed by atoms with van der Waals surface area (Å²) in [6.07, 6.45) is 0. The van der Waals surface area contributed by atoms with Crippen LogP contribution >= 0.6 is 11.8 Å². The number of amides is 2. The number of nitrogens with one attached hydrogen (secondary N) is 2. The van der Waals surface area contributed by atoms with Crippen molar-refractivity contribution in [1.82, 2.24) is 10.6 Å². The van der Waals surface area contributed by atoms with Gasteiger partial charge in [-0.15, -0.1) is 0 Å². The lowest BCUT2D eigenvalue weighted by atomic mass is 10.2. The molecule has 9 heteroatoms. The largest absolute Gasteiger partial charge is 0.350 e. The zero-order valence-electron chi connectivity index (χ0n) is 10.3. The van der Waals surface area contributed by atoms with Crippen LogP contribution in [0.5, 0.6) is 0 Å². The van der Waals surface area contributed by atoms with Crippen molar-refractivity contribution < 1.29 is 18.0 Å². The quantitative estimate of drug-likeness (QED) is 0.709. The third-order valence-electron chi connectivity index (χ3n) is 2.71. The van der Waals surface area contributed by atoms with Gasteiger partial charge in [0.2, 0.25) is 15.9 Å². The smallest absolute Gasteiger partial charge is 0.279 e. The van der Waals surface area contributed by atoms with E-state index in [0.717, 1.165) is 17.3 Å². The Hall–Kier alpha value is -1.58. The summed E-state index contributed by atoms with van der Waals surface area (Å²) in [5, 5.41) is 9.99. The molecule has 1 aliphatic heterocycles. The number of carbonyl (C=O) groups is 2. The molecule has 1 fully saturated rings. The first-order valence-corrected chi connectivity index (χ1v) is 8.22. The van der Waals surface area contributed by atoms with Gasteiger partial charge >= 0.3 is 0 Å². The molecular formula is C11H13N3O4S2. The van der Waals surface area contributed by atoms with Crippen molar-refractivity contribution in [3.05, 3.63) is 29.8 Å². The molecule has 4 N–H and O–H groups in total. The normalized spacial score (nSPS) is 18.6. The minimum absolute atomic E-state index is 0.0204. The van der Waals surface area contributed by atoms with Gasteiger partial charge in [0.05, 0.1) is 4.90 Å². The number of benzene rings is 1. The van der Waals surface area contributed by atoms with Gasteiger partial charge in [-0.1, -0.05) is 23.9 Å². The first kappa shape index (κ1) is 14.8. The minimum Gasteiger partial charge on any atom is -0.350 e. The number of hydrogen-bond acceptors (Lipinski definition) is 5. The monoisotopic (exact) mass is 315 g/mol. The average molecular weight is 315 g/mol. The Morgan fingerprint density at radius 3 is 2.55 bits per heavy atom.